The van der Waals surface area contributed by atoms with E-state index in [9.17, 15) is 14.7 Å². The van der Waals surface area contributed by atoms with Gasteiger partial charge in [0.15, 0.2) is 6.61 Å². The Morgan fingerprint density at radius 2 is 2.12 bits per heavy atom. The Kier molecular flexibility index (Phi) is 4.75. The second-order valence-electron chi connectivity index (χ2n) is 3.19. The molecule has 0 atom stereocenters. The molecule has 17 heavy (non-hydrogen) atoms. The average molecular weight is 235 g/mol. The van der Waals surface area contributed by atoms with Gasteiger partial charge in [-0.25, -0.2) is 4.79 Å². The van der Waals surface area contributed by atoms with Crippen molar-refractivity contribution in [3.8, 4) is 5.75 Å². The highest BCUT2D eigenvalue weighted by Crippen LogP contribution is 2.16. The van der Waals surface area contributed by atoms with E-state index >= 15 is 0 Å². The largest absolute Gasteiger partial charge is 0.507 e. The summed E-state index contributed by atoms with van der Waals surface area (Å²) in [5.74, 6) is -1.34. The molecule has 0 saturated carbocycles. The van der Waals surface area contributed by atoms with Crippen LogP contribution in [0.1, 0.15) is 10.4 Å². The molecule has 0 radical (unpaired) electrons. The number of hydrogen-bond acceptors (Lipinski definition) is 4. The third kappa shape index (κ3) is 3.98. The molecule has 2 N–H and O–H groups in total. The number of phenolic OH excluding ortho intramolecular Hbond substituents is 1. The van der Waals surface area contributed by atoms with E-state index in [0.29, 0.717) is 6.54 Å². The fourth-order valence-corrected chi connectivity index (χ4v) is 1.09. The molecule has 1 aromatic rings. The van der Waals surface area contributed by atoms with E-state index in [1.54, 1.807) is 12.1 Å². The molecule has 0 aliphatic rings. The molecule has 0 aliphatic carbocycles. The number of para-hydroxylation sites is 1. The van der Waals surface area contributed by atoms with Gasteiger partial charge >= 0.3 is 5.97 Å². The topological polar surface area (TPSA) is 75.6 Å². The van der Waals surface area contributed by atoms with Gasteiger partial charge in [-0.3, -0.25) is 4.79 Å². The number of rotatable bonds is 5. The Hall–Kier alpha value is -2.30. The van der Waals surface area contributed by atoms with Gasteiger partial charge in [0.1, 0.15) is 11.3 Å². The maximum absolute atomic E-state index is 11.5. The Balaban J connectivity index is 2.48. The number of nitrogens with one attached hydrogen (secondary N) is 1. The Morgan fingerprint density at radius 3 is 2.76 bits per heavy atom. The number of carbonyl (C=O) groups is 2. The van der Waals surface area contributed by atoms with Gasteiger partial charge in [-0.15, -0.1) is 6.58 Å². The van der Waals surface area contributed by atoms with Gasteiger partial charge in [0.25, 0.3) is 5.91 Å². The van der Waals surface area contributed by atoms with Crippen LogP contribution in [0.25, 0.3) is 0 Å². The second-order valence-corrected chi connectivity index (χ2v) is 3.19. The first-order valence-electron chi connectivity index (χ1n) is 4.98. The van der Waals surface area contributed by atoms with Gasteiger partial charge in [0.05, 0.1) is 0 Å². The molecular formula is C12H13NO4. The fourth-order valence-electron chi connectivity index (χ4n) is 1.09. The van der Waals surface area contributed by atoms with E-state index < -0.39 is 11.9 Å². The molecule has 0 spiro atoms. The summed E-state index contributed by atoms with van der Waals surface area (Å²) < 4.78 is 4.72. The van der Waals surface area contributed by atoms with E-state index in [4.69, 9.17) is 4.74 Å². The van der Waals surface area contributed by atoms with E-state index in [-0.39, 0.29) is 17.9 Å². The normalized spacial score (nSPS) is 9.41. The van der Waals surface area contributed by atoms with Crippen LogP contribution in [0, 0.1) is 0 Å². The van der Waals surface area contributed by atoms with Crippen LogP contribution in [0.4, 0.5) is 0 Å². The number of phenols is 1. The molecular weight excluding hydrogens is 222 g/mol. The summed E-state index contributed by atoms with van der Waals surface area (Å²) in [6.45, 7) is 3.36. The number of aromatic hydroxyl groups is 1. The number of amides is 1. The van der Waals surface area contributed by atoms with Crippen molar-refractivity contribution in [3.63, 3.8) is 0 Å². The molecule has 0 unspecified atom stereocenters. The third-order valence-corrected chi connectivity index (χ3v) is 1.90. The molecule has 0 aromatic heterocycles. The third-order valence-electron chi connectivity index (χ3n) is 1.90. The lowest BCUT2D eigenvalue weighted by Crippen LogP contribution is -2.28. The summed E-state index contributed by atoms with van der Waals surface area (Å²) in [5, 5.41) is 11.8. The number of carbonyl (C=O) groups excluding carboxylic acids is 2. The first kappa shape index (κ1) is 12.8. The van der Waals surface area contributed by atoms with Crippen LogP contribution in [-0.4, -0.2) is 30.1 Å². The van der Waals surface area contributed by atoms with Crippen LogP contribution in [0.5, 0.6) is 5.75 Å². The number of benzene rings is 1. The average Bonchev–Trinajstić information content (AvgIpc) is 2.34. The molecule has 0 aliphatic heterocycles. The highest BCUT2D eigenvalue weighted by molar-refractivity contribution is 5.93. The SMILES string of the molecule is C=CCNC(=O)COC(=O)c1ccccc1O. The van der Waals surface area contributed by atoms with Crippen molar-refractivity contribution in [3.05, 3.63) is 42.5 Å². The van der Waals surface area contributed by atoms with Gasteiger partial charge in [-0.05, 0) is 12.1 Å². The van der Waals surface area contributed by atoms with Gasteiger partial charge in [-0.2, -0.15) is 0 Å². The molecule has 5 nitrogen and oxygen atoms in total. The van der Waals surface area contributed by atoms with Crippen LogP contribution in [0.3, 0.4) is 0 Å². The van der Waals surface area contributed by atoms with Crippen LogP contribution >= 0.6 is 0 Å². The minimum Gasteiger partial charge on any atom is -0.507 e. The monoisotopic (exact) mass is 235 g/mol. The van der Waals surface area contributed by atoms with Crippen molar-refractivity contribution in [2.24, 2.45) is 0 Å². The smallest absolute Gasteiger partial charge is 0.342 e. The van der Waals surface area contributed by atoms with Crippen molar-refractivity contribution in [1.29, 1.82) is 0 Å². The highest BCUT2D eigenvalue weighted by Gasteiger charge is 2.13. The predicted molar refractivity (Wildman–Crippen MR) is 61.6 cm³/mol. The van der Waals surface area contributed by atoms with Gasteiger partial charge in [0, 0.05) is 6.54 Å². The lowest BCUT2D eigenvalue weighted by molar-refractivity contribution is -0.124. The lowest BCUT2D eigenvalue weighted by atomic mass is 10.2. The second kappa shape index (κ2) is 6.32. The summed E-state index contributed by atoms with van der Waals surface area (Å²) in [6.07, 6.45) is 1.52. The maximum atomic E-state index is 11.5. The molecule has 0 fully saturated rings. The van der Waals surface area contributed by atoms with E-state index in [1.807, 2.05) is 0 Å². The van der Waals surface area contributed by atoms with Crippen LogP contribution in [0.2, 0.25) is 0 Å². The first-order chi connectivity index (χ1) is 8.15. The van der Waals surface area contributed by atoms with Crippen LogP contribution < -0.4 is 5.32 Å². The Labute approximate surface area is 98.7 Å². The Morgan fingerprint density at radius 1 is 1.41 bits per heavy atom. The van der Waals surface area contributed by atoms with E-state index in [0.717, 1.165) is 0 Å². The summed E-state index contributed by atoms with van der Waals surface area (Å²) in [6, 6.07) is 5.96. The van der Waals surface area contributed by atoms with Crippen LogP contribution in [-0.2, 0) is 9.53 Å². The molecule has 90 valence electrons. The lowest BCUT2D eigenvalue weighted by Gasteiger charge is -2.05. The zero-order chi connectivity index (χ0) is 12.7. The summed E-state index contributed by atoms with van der Waals surface area (Å²) in [4.78, 5) is 22.6. The molecule has 0 heterocycles. The van der Waals surface area contributed by atoms with Crippen molar-refractivity contribution in [1.82, 2.24) is 5.32 Å². The summed E-state index contributed by atoms with van der Waals surface area (Å²) in [7, 11) is 0. The van der Waals surface area contributed by atoms with Crippen molar-refractivity contribution in [2.45, 2.75) is 0 Å². The first-order valence-corrected chi connectivity index (χ1v) is 4.98. The standard InChI is InChI=1S/C12H13NO4/c1-2-7-13-11(15)8-17-12(16)9-5-3-4-6-10(9)14/h2-6,14H,1,7-8H2,(H,13,15). The summed E-state index contributed by atoms with van der Waals surface area (Å²) >= 11 is 0. The quantitative estimate of drug-likeness (QED) is 0.586. The van der Waals surface area contributed by atoms with Crippen molar-refractivity contribution < 1.29 is 19.4 Å². The molecule has 1 amide bonds. The van der Waals surface area contributed by atoms with Crippen molar-refractivity contribution >= 4 is 11.9 Å². The molecule has 1 rings (SSSR count). The zero-order valence-electron chi connectivity index (χ0n) is 9.18. The number of hydrogen-bond donors (Lipinski definition) is 2. The van der Waals surface area contributed by atoms with E-state index in [1.165, 1.54) is 18.2 Å². The van der Waals surface area contributed by atoms with Gasteiger partial charge in [-0.1, -0.05) is 18.2 Å². The maximum Gasteiger partial charge on any atom is 0.342 e. The minimum atomic E-state index is -0.739. The molecule has 1 aromatic carbocycles. The molecule has 0 saturated heterocycles. The van der Waals surface area contributed by atoms with Gasteiger partial charge in [0.2, 0.25) is 0 Å². The van der Waals surface area contributed by atoms with Crippen molar-refractivity contribution in [2.75, 3.05) is 13.2 Å². The fraction of sp³-hybridized carbons (Fsp3) is 0.167. The minimum absolute atomic E-state index is 0.0315. The van der Waals surface area contributed by atoms with Crippen LogP contribution in [0.15, 0.2) is 36.9 Å². The van der Waals surface area contributed by atoms with E-state index in [2.05, 4.69) is 11.9 Å². The number of ether oxygens (including phenoxy) is 1. The molecule has 5 heteroatoms. The molecule has 0 bridgehead atoms. The predicted octanol–water partition coefficient (Wildman–Crippen LogP) is 0.851. The summed E-state index contributed by atoms with van der Waals surface area (Å²) in [5.41, 5.74) is 0.0315. The Bertz CT molecular complexity index is 428. The number of esters is 1. The highest BCUT2D eigenvalue weighted by atomic mass is 16.5. The zero-order valence-corrected chi connectivity index (χ0v) is 9.18. The van der Waals surface area contributed by atoms with Gasteiger partial charge < -0.3 is 15.2 Å².